The van der Waals surface area contributed by atoms with Crippen LogP contribution in [0.4, 0.5) is 0 Å². The van der Waals surface area contributed by atoms with Crippen LogP contribution in [-0.4, -0.2) is 22.8 Å². The maximum absolute atomic E-state index is 13.0. The standard InChI is InChI=1S/C17H14BrN3O2S/c1-10-3-5-12(6-4-10)24(22,23)15-8-7-13-16(15)19-9-14-17(18)20-11(2)21(13)14/h3-9,15H,1-2H3. The fraction of sp³-hybridized carbons (Fsp3) is 0.176. The molecule has 7 heteroatoms. The molecule has 1 aromatic carbocycles. The summed E-state index contributed by atoms with van der Waals surface area (Å²) in [5, 5.41) is -0.778. The van der Waals surface area contributed by atoms with E-state index >= 15 is 0 Å². The van der Waals surface area contributed by atoms with Gasteiger partial charge in [-0.3, -0.25) is 9.38 Å². The molecule has 0 aliphatic heterocycles. The van der Waals surface area contributed by atoms with Crippen LogP contribution in [0.1, 0.15) is 28.0 Å². The number of benzene rings is 1. The summed E-state index contributed by atoms with van der Waals surface area (Å²) in [5.74, 6) is 0.786. The molecule has 5 nitrogen and oxygen atoms in total. The molecule has 0 fully saturated rings. The molecule has 2 heterocycles. The number of fused-ring (bicyclic) bond motifs is 3. The first-order valence-corrected chi connectivity index (χ1v) is 9.76. The van der Waals surface area contributed by atoms with Crippen LogP contribution in [0.3, 0.4) is 0 Å². The molecule has 3 aromatic rings. The fourth-order valence-electron chi connectivity index (χ4n) is 3.02. The van der Waals surface area contributed by atoms with Crippen molar-refractivity contribution in [3.8, 4) is 0 Å². The van der Waals surface area contributed by atoms with Gasteiger partial charge in [0.05, 0.1) is 28.0 Å². The highest BCUT2D eigenvalue weighted by Crippen LogP contribution is 2.37. The summed E-state index contributed by atoms with van der Waals surface area (Å²) in [7, 11) is -3.54. The molecule has 122 valence electrons. The maximum Gasteiger partial charge on any atom is 0.190 e. The van der Waals surface area contributed by atoms with E-state index in [1.54, 1.807) is 36.5 Å². The molecule has 0 saturated carbocycles. The van der Waals surface area contributed by atoms with E-state index in [0.717, 1.165) is 22.6 Å². The normalized spacial score (nSPS) is 16.7. The third kappa shape index (κ3) is 2.15. The molecule has 0 spiro atoms. The van der Waals surface area contributed by atoms with Gasteiger partial charge >= 0.3 is 0 Å². The van der Waals surface area contributed by atoms with E-state index in [9.17, 15) is 8.42 Å². The predicted octanol–water partition coefficient (Wildman–Crippen LogP) is 3.65. The van der Waals surface area contributed by atoms with Crippen LogP contribution in [0.25, 0.3) is 11.6 Å². The number of rotatable bonds is 2. The topological polar surface area (TPSA) is 64.3 Å². The van der Waals surface area contributed by atoms with Crippen molar-refractivity contribution in [2.24, 2.45) is 0 Å². The lowest BCUT2D eigenvalue weighted by molar-refractivity contribution is 0.589. The average molecular weight is 404 g/mol. The number of hydrogen-bond donors (Lipinski definition) is 0. The van der Waals surface area contributed by atoms with Gasteiger partial charge in [-0.2, -0.15) is 0 Å². The minimum Gasteiger partial charge on any atom is -0.293 e. The van der Waals surface area contributed by atoms with Gasteiger partial charge in [0.15, 0.2) is 9.84 Å². The van der Waals surface area contributed by atoms with Gasteiger partial charge in [-0.05, 0) is 48.0 Å². The Bertz CT molecular complexity index is 1100. The molecule has 0 N–H and O–H groups in total. The van der Waals surface area contributed by atoms with E-state index < -0.39 is 15.1 Å². The van der Waals surface area contributed by atoms with Crippen molar-refractivity contribution >= 4 is 37.4 Å². The number of sulfone groups is 1. The molecule has 24 heavy (non-hydrogen) atoms. The zero-order chi connectivity index (χ0) is 17.1. The van der Waals surface area contributed by atoms with Gasteiger partial charge in [0.2, 0.25) is 0 Å². The molecule has 0 amide bonds. The van der Waals surface area contributed by atoms with Gasteiger partial charge in [-0.1, -0.05) is 23.8 Å². The summed E-state index contributed by atoms with van der Waals surface area (Å²) < 4.78 is 28.6. The second kappa shape index (κ2) is 5.26. The first kappa shape index (κ1) is 15.5. The smallest absolute Gasteiger partial charge is 0.190 e. The average Bonchev–Trinajstić information content (AvgIpc) is 3.09. The number of imidazole rings is 1. The van der Waals surface area contributed by atoms with E-state index in [4.69, 9.17) is 0 Å². The molecule has 1 aliphatic rings. The second-order valence-electron chi connectivity index (χ2n) is 5.84. The Morgan fingerprint density at radius 2 is 1.88 bits per heavy atom. The SMILES string of the molecule is Cc1ccc(S(=O)(=O)C2C=Cc3c2ncc2c(Br)nc(C)n32)cc1. The molecule has 1 unspecified atom stereocenters. The minimum atomic E-state index is -3.54. The number of nitrogens with zero attached hydrogens (tertiary/aromatic N) is 3. The van der Waals surface area contributed by atoms with Crippen LogP contribution in [0.2, 0.25) is 0 Å². The van der Waals surface area contributed by atoms with Gasteiger partial charge in [0.25, 0.3) is 0 Å². The van der Waals surface area contributed by atoms with E-state index in [1.807, 2.05) is 24.3 Å². The van der Waals surface area contributed by atoms with Crippen LogP contribution in [-0.2, 0) is 9.84 Å². The lowest BCUT2D eigenvalue weighted by Gasteiger charge is -2.13. The van der Waals surface area contributed by atoms with Crippen molar-refractivity contribution < 1.29 is 8.42 Å². The monoisotopic (exact) mass is 403 g/mol. The highest BCUT2D eigenvalue weighted by Gasteiger charge is 2.34. The van der Waals surface area contributed by atoms with Crippen LogP contribution in [0, 0.1) is 13.8 Å². The minimum absolute atomic E-state index is 0.307. The van der Waals surface area contributed by atoms with Gasteiger partial charge in [0.1, 0.15) is 15.7 Å². The van der Waals surface area contributed by atoms with Crippen LogP contribution in [0.15, 0.2) is 46.0 Å². The molecule has 1 aliphatic carbocycles. The molecule has 4 rings (SSSR count). The van der Waals surface area contributed by atoms with Crippen LogP contribution >= 0.6 is 15.9 Å². The van der Waals surface area contributed by atoms with Crippen molar-refractivity contribution in [1.29, 1.82) is 0 Å². The molecule has 1 atom stereocenters. The van der Waals surface area contributed by atoms with E-state index in [1.165, 1.54) is 0 Å². The van der Waals surface area contributed by atoms with Crippen molar-refractivity contribution in [3.05, 3.63) is 63.9 Å². The number of aromatic nitrogens is 3. The number of halogens is 1. The van der Waals surface area contributed by atoms with E-state index in [2.05, 4.69) is 25.9 Å². The summed E-state index contributed by atoms with van der Waals surface area (Å²) in [4.78, 5) is 9.11. The summed E-state index contributed by atoms with van der Waals surface area (Å²) in [6.45, 7) is 3.81. The first-order chi connectivity index (χ1) is 11.4. The first-order valence-electron chi connectivity index (χ1n) is 7.42. The Kier molecular flexibility index (Phi) is 3.40. The Hall–Kier alpha value is -1.99. The van der Waals surface area contributed by atoms with Gasteiger partial charge < -0.3 is 0 Å². The Labute approximate surface area is 148 Å². The molecule has 0 bridgehead atoms. The van der Waals surface area contributed by atoms with Crippen molar-refractivity contribution in [3.63, 3.8) is 0 Å². The molecular weight excluding hydrogens is 390 g/mol. The lowest BCUT2D eigenvalue weighted by atomic mass is 10.2. The van der Waals surface area contributed by atoms with Gasteiger partial charge in [0, 0.05) is 0 Å². The Balaban J connectivity index is 1.89. The highest BCUT2D eigenvalue weighted by atomic mass is 79.9. The third-order valence-electron chi connectivity index (χ3n) is 4.25. The number of aryl methyl sites for hydroxylation is 2. The summed E-state index contributed by atoms with van der Waals surface area (Å²) in [5.41, 5.74) is 3.15. The van der Waals surface area contributed by atoms with Crippen molar-refractivity contribution in [1.82, 2.24) is 14.4 Å². The molecular formula is C17H14BrN3O2S. The molecule has 2 aromatic heterocycles. The number of hydrogen-bond acceptors (Lipinski definition) is 4. The summed E-state index contributed by atoms with van der Waals surface area (Å²) in [6, 6.07) is 6.91. The zero-order valence-electron chi connectivity index (χ0n) is 13.1. The maximum atomic E-state index is 13.0. The predicted molar refractivity (Wildman–Crippen MR) is 95.6 cm³/mol. The van der Waals surface area contributed by atoms with Gasteiger partial charge in [-0.25, -0.2) is 13.4 Å². The molecule has 0 saturated heterocycles. The quantitative estimate of drug-likeness (QED) is 0.654. The zero-order valence-corrected chi connectivity index (χ0v) is 15.5. The fourth-order valence-corrected chi connectivity index (χ4v) is 5.12. The lowest BCUT2D eigenvalue weighted by Crippen LogP contribution is -2.13. The second-order valence-corrected chi connectivity index (χ2v) is 8.66. The van der Waals surface area contributed by atoms with Crippen molar-refractivity contribution in [2.45, 2.75) is 24.0 Å². The Morgan fingerprint density at radius 3 is 2.58 bits per heavy atom. The van der Waals surface area contributed by atoms with E-state index in [0.29, 0.717) is 15.2 Å². The third-order valence-corrected chi connectivity index (χ3v) is 6.81. The van der Waals surface area contributed by atoms with Crippen LogP contribution in [0.5, 0.6) is 0 Å². The van der Waals surface area contributed by atoms with Crippen molar-refractivity contribution in [2.75, 3.05) is 0 Å². The molecule has 0 radical (unpaired) electrons. The van der Waals surface area contributed by atoms with Gasteiger partial charge in [-0.15, -0.1) is 0 Å². The highest BCUT2D eigenvalue weighted by molar-refractivity contribution is 9.10. The largest absolute Gasteiger partial charge is 0.293 e. The Morgan fingerprint density at radius 1 is 1.17 bits per heavy atom. The van der Waals surface area contributed by atoms with E-state index in [-0.39, 0.29) is 0 Å². The summed E-state index contributed by atoms with van der Waals surface area (Å²) in [6.07, 6.45) is 5.17. The van der Waals surface area contributed by atoms with Crippen LogP contribution < -0.4 is 0 Å². The summed E-state index contributed by atoms with van der Waals surface area (Å²) >= 11 is 3.41.